The fraction of sp³-hybridized carbons (Fsp3) is 0.333. The lowest BCUT2D eigenvalue weighted by Gasteiger charge is -2.27. The molecule has 0 radical (unpaired) electrons. The molecule has 1 aliphatic heterocycles. The van der Waals surface area contributed by atoms with E-state index in [1.54, 1.807) is 0 Å². The van der Waals surface area contributed by atoms with Gasteiger partial charge < -0.3 is 19.9 Å². The molecule has 7 heteroatoms. The van der Waals surface area contributed by atoms with Gasteiger partial charge in [0.2, 0.25) is 0 Å². The van der Waals surface area contributed by atoms with Gasteiger partial charge in [0.05, 0.1) is 19.8 Å². The van der Waals surface area contributed by atoms with Gasteiger partial charge in [0, 0.05) is 24.7 Å². The third kappa shape index (κ3) is 4.20. The molecule has 0 spiro atoms. The number of aromatic nitrogens is 1. The van der Waals surface area contributed by atoms with Crippen molar-refractivity contribution in [3.63, 3.8) is 0 Å². The Labute approximate surface area is 146 Å². The second-order valence-corrected chi connectivity index (χ2v) is 4.82. The van der Waals surface area contributed by atoms with Gasteiger partial charge in [0.25, 0.3) is 0 Å². The van der Waals surface area contributed by atoms with Crippen LogP contribution in [-0.4, -0.2) is 42.3 Å². The largest absolute Gasteiger partial charge is 0.378 e. The smallest absolute Gasteiger partial charge is 0.191 e. The first-order chi connectivity index (χ1) is 10.3. The first-order valence-electron chi connectivity index (χ1n) is 6.96. The van der Waals surface area contributed by atoms with Crippen molar-refractivity contribution in [2.24, 2.45) is 10.7 Å². The summed E-state index contributed by atoms with van der Waals surface area (Å²) in [4.78, 5) is 6.38. The molecule has 1 aromatic carbocycles. The molecule has 2 N–H and O–H groups in total. The topological polar surface area (TPSA) is 76.9 Å². The number of nitrogens with two attached hydrogens (primary N) is 1. The van der Waals surface area contributed by atoms with Gasteiger partial charge in [0.15, 0.2) is 11.7 Å². The summed E-state index contributed by atoms with van der Waals surface area (Å²) < 4.78 is 10.6. The number of hydrogen-bond acceptors (Lipinski definition) is 4. The summed E-state index contributed by atoms with van der Waals surface area (Å²) in [7, 11) is 0. The van der Waals surface area contributed by atoms with Gasteiger partial charge in [-0.25, -0.2) is 4.99 Å². The summed E-state index contributed by atoms with van der Waals surface area (Å²) in [6, 6.07) is 11.8. The average Bonchev–Trinajstić information content (AvgIpc) is 3.03. The molecule has 1 aromatic heterocycles. The third-order valence-corrected chi connectivity index (χ3v) is 3.36. The number of aliphatic imine (C=N–C) groups is 1. The molecule has 6 nitrogen and oxygen atoms in total. The molecule has 2 aromatic rings. The number of benzene rings is 1. The summed E-state index contributed by atoms with van der Waals surface area (Å²) >= 11 is 0. The van der Waals surface area contributed by atoms with Crippen molar-refractivity contribution < 1.29 is 9.26 Å². The Morgan fingerprint density at radius 2 is 1.95 bits per heavy atom. The van der Waals surface area contributed by atoms with Gasteiger partial charge in [-0.3, -0.25) is 0 Å². The van der Waals surface area contributed by atoms with Crippen molar-refractivity contribution >= 4 is 29.9 Å². The molecule has 22 heavy (non-hydrogen) atoms. The minimum atomic E-state index is 0. The number of morpholine rings is 1. The highest BCUT2D eigenvalue weighted by Crippen LogP contribution is 2.19. The molecule has 0 amide bonds. The summed E-state index contributed by atoms with van der Waals surface area (Å²) in [5, 5.41) is 4.03. The second kappa shape index (κ2) is 8.14. The van der Waals surface area contributed by atoms with Gasteiger partial charge in [-0.15, -0.1) is 24.0 Å². The maximum absolute atomic E-state index is 5.98. The molecule has 0 aliphatic carbocycles. The van der Waals surface area contributed by atoms with E-state index >= 15 is 0 Å². The van der Waals surface area contributed by atoms with Gasteiger partial charge in [-0.1, -0.05) is 35.5 Å². The molecule has 0 atom stereocenters. The Hall–Kier alpha value is -1.61. The average molecular weight is 414 g/mol. The van der Waals surface area contributed by atoms with Crippen LogP contribution in [0.15, 0.2) is 45.9 Å². The first-order valence-corrected chi connectivity index (χ1v) is 6.96. The zero-order valence-electron chi connectivity index (χ0n) is 12.1. The number of ether oxygens (including phenoxy) is 1. The predicted molar refractivity (Wildman–Crippen MR) is 95.1 cm³/mol. The standard InChI is InChI=1S/C15H18N4O2.HI/c16-15(19-6-8-20-9-7-19)17-11-13-10-14(21-18-13)12-4-2-1-3-5-12;/h1-5,10H,6-9,11H2,(H2,16,17);1H. The van der Waals surface area contributed by atoms with E-state index in [0.717, 1.165) is 30.1 Å². The van der Waals surface area contributed by atoms with Crippen LogP contribution in [0.1, 0.15) is 5.69 Å². The quantitative estimate of drug-likeness (QED) is 0.473. The van der Waals surface area contributed by atoms with E-state index in [2.05, 4.69) is 10.1 Å². The summed E-state index contributed by atoms with van der Waals surface area (Å²) in [6.07, 6.45) is 0. The highest BCUT2D eigenvalue weighted by molar-refractivity contribution is 14.0. The number of guanidine groups is 1. The Bertz CT molecular complexity index is 609. The van der Waals surface area contributed by atoms with Crippen LogP contribution in [0, 0.1) is 0 Å². The minimum absolute atomic E-state index is 0. The lowest BCUT2D eigenvalue weighted by molar-refractivity contribution is 0.0674. The van der Waals surface area contributed by atoms with Crippen LogP contribution in [0.25, 0.3) is 11.3 Å². The molecule has 0 unspecified atom stereocenters. The van der Waals surface area contributed by atoms with Crippen LogP contribution < -0.4 is 5.73 Å². The fourth-order valence-corrected chi connectivity index (χ4v) is 2.18. The highest BCUT2D eigenvalue weighted by atomic mass is 127. The Morgan fingerprint density at radius 3 is 2.68 bits per heavy atom. The van der Waals surface area contributed by atoms with Crippen molar-refractivity contribution in [1.29, 1.82) is 0 Å². The maximum atomic E-state index is 5.98. The van der Waals surface area contributed by atoms with Gasteiger partial charge in [-0.05, 0) is 0 Å². The van der Waals surface area contributed by atoms with E-state index < -0.39 is 0 Å². The predicted octanol–water partition coefficient (Wildman–Crippen LogP) is 2.11. The van der Waals surface area contributed by atoms with Crippen LogP contribution in [-0.2, 0) is 11.3 Å². The zero-order valence-corrected chi connectivity index (χ0v) is 14.5. The number of rotatable bonds is 3. The Morgan fingerprint density at radius 1 is 1.23 bits per heavy atom. The molecular weight excluding hydrogens is 395 g/mol. The zero-order chi connectivity index (χ0) is 14.5. The van der Waals surface area contributed by atoms with Crippen molar-refractivity contribution in [2.75, 3.05) is 26.3 Å². The highest BCUT2D eigenvalue weighted by Gasteiger charge is 2.12. The molecule has 118 valence electrons. The first kappa shape index (κ1) is 16.8. The Balaban J connectivity index is 0.00000176. The summed E-state index contributed by atoms with van der Waals surface area (Å²) in [5.74, 6) is 1.27. The van der Waals surface area contributed by atoms with Gasteiger partial charge >= 0.3 is 0 Å². The second-order valence-electron chi connectivity index (χ2n) is 4.82. The molecule has 2 heterocycles. The third-order valence-electron chi connectivity index (χ3n) is 3.36. The molecule has 1 saturated heterocycles. The minimum Gasteiger partial charge on any atom is -0.378 e. The van der Waals surface area contributed by atoms with Crippen LogP contribution in [0.3, 0.4) is 0 Å². The van der Waals surface area contributed by atoms with Crippen molar-refractivity contribution in [3.05, 3.63) is 42.1 Å². The maximum Gasteiger partial charge on any atom is 0.191 e. The molecular formula is C15H19IN4O2. The van der Waals surface area contributed by atoms with E-state index in [1.807, 2.05) is 41.3 Å². The Kier molecular flexibility index (Phi) is 6.20. The van der Waals surface area contributed by atoms with Crippen LogP contribution in [0.2, 0.25) is 0 Å². The SMILES string of the molecule is I.NC(=NCc1cc(-c2ccccc2)on1)N1CCOCC1. The van der Waals surface area contributed by atoms with E-state index in [0.29, 0.717) is 25.7 Å². The fourth-order valence-electron chi connectivity index (χ4n) is 2.18. The van der Waals surface area contributed by atoms with Gasteiger partial charge in [0.1, 0.15) is 5.69 Å². The molecule has 1 aliphatic rings. The molecule has 0 saturated carbocycles. The number of hydrogen-bond donors (Lipinski definition) is 1. The molecule has 3 rings (SSSR count). The number of halogens is 1. The molecule has 0 bridgehead atoms. The number of nitrogens with zero attached hydrogens (tertiary/aromatic N) is 3. The van der Waals surface area contributed by atoms with E-state index in [-0.39, 0.29) is 24.0 Å². The van der Waals surface area contributed by atoms with E-state index in [9.17, 15) is 0 Å². The van der Waals surface area contributed by atoms with Crippen molar-refractivity contribution in [1.82, 2.24) is 10.1 Å². The van der Waals surface area contributed by atoms with Crippen molar-refractivity contribution in [3.8, 4) is 11.3 Å². The summed E-state index contributed by atoms with van der Waals surface area (Å²) in [5.41, 5.74) is 7.75. The van der Waals surface area contributed by atoms with Gasteiger partial charge in [-0.2, -0.15) is 0 Å². The van der Waals surface area contributed by atoms with E-state index in [1.165, 1.54) is 0 Å². The van der Waals surface area contributed by atoms with Crippen LogP contribution in [0.4, 0.5) is 0 Å². The monoisotopic (exact) mass is 414 g/mol. The van der Waals surface area contributed by atoms with Crippen LogP contribution in [0.5, 0.6) is 0 Å². The molecule has 1 fully saturated rings. The normalized spacial score (nSPS) is 15.5. The van der Waals surface area contributed by atoms with Crippen LogP contribution >= 0.6 is 24.0 Å². The van der Waals surface area contributed by atoms with E-state index in [4.69, 9.17) is 15.0 Å². The lowest BCUT2D eigenvalue weighted by atomic mass is 10.2. The lowest BCUT2D eigenvalue weighted by Crippen LogP contribution is -2.44. The van der Waals surface area contributed by atoms with Crippen molar-refractivity contribution in [2.45, 2.75) is 6.54 Å². The summed E-state index contributed by atoms with van der Waals surface area (Å²) in [6.45, 7) is 3.36.